The SMILES string of the molecule is CNC(=O)[C@@H]1CCCN1C(=O)Nc1cccc(C)c1. The summed E-state index contributed by atoms with van der Waals surface area (Å²) in [4.78, 5) is 25.5. The summed E-state index contributed by atoms with van der Waals surface area (Å²) in [7, 11) is 1.59. The average Bonchev–Trinajstić information content (AvgIpc) is 2.87. The van der Waals surface area contributed by atoms with Crippen LogP contribution >= 0.6 is 0 Å². The molecule has 1 atom stereocenters. The number of anilines is 1. The average molecular weight is 261 g/mol. The second kappa shape index (κ2) is 5.73. The Labute approximate surface area is 113 Å². The number of urea groups is 1. The molecule has 1 aliphatic heterocycles. The zero-order valence-corrected chi connectivity index (χ0v) is 11.3. The second-order valence-electron chi connectivity index (χ2n) is 4.77. The first-order chi connectivity index (χ1) is 9.11. The van der Waals surface area contributed by atoms with Gasteiger partial charge in [-0.3, -0.25) is 4.79 Å². The van der Waals surface area contributed by atoms with Crippen LogP contribution in [0.4, 0.5) is 10.5 Å². The summed E-state index contributed by atoms with van der Waals surface area (Å²) in [6, 6.07) is 7.05. The van der Waals surface area contributed by atoms with E-state index < -0.39 is 0 Å². The lowest BCUT2D eigenvalue weighted by Crippen LogP contribution is -2.46. The minimum atomic E-state index is -0.352. The molecule has 0 saturated carbocycles. The summed E-state index contributed by atoms with van der Waals surface area (Å²) in [5.74, 6) is -0.100. The smallest absolute Gasteiger partial charge is 0.322 e. The molecule has 0 radical (unpaired) electrons. The number of nitrogens with zero attached hydrogens (tertiary/aromatic N) is 1. The number of hydrogen-bond donors (Lipinski definition) is 2. The molecule has 0 bridgehead atoms. The fourth-order valence-electron chi connectivity index (χ4n) is 2.37. The van der Waals surface area contributed by atoms with Crippen molar-refractivity contribution in [1.29, 1.82) is 0 Å². The Bertz CT molecular complexity index is 487. The van der Waals surface area contributed by atoms with Crippen molar-refractivity contribution in [2.75, 3.05) is 18.9 Å². The van der Waals surface area contributed by atoms with E-state index in [1.807, 2.05) is 31.2 Å². The van der Waals surface area contributed by atoms with Crippen molar-refractivity contribution in [3.05, 3.63) is 29.8 Å². The van der Waals surface area contributed by atoms with Crippen LogP contribution < -0.4 is 10.6 Å². The first-order valence-corrected chi connectivity index (χ1v) is 6.47. The molecular weight excluding hydrogens is 242 g/mol. The predicted octanol–water partition coefficient (Wildman–Crippen LogP) is 1.74. The molecular formula is C14H19N3O2. The van der Waals surface area contributed by atoms with Gasteiger partial charge >= 0.3 is 6.03 Å². The summed E-state index contributed by atoms with van der Waals surface area (Å²) in [5.41, 5.74) is 1.84. The summed E-state index contributed by atoms with van der Waals surface area (Å²) < 4.78 is 0. The van der Waals surface area contributed by atoms with Gasteiger partial charge in [-0.1, -0.05) is 12.1 Å². The number of aryl methyl sites for hydroxylation is 1. The zero-order valence-electron chi connectivity index (χ0n) is 11.3. The van der Waals surface area contributed by atoms with Crippen LogP contribution in [0.25, 0.3) is 0 Å². The molecule has 0 aliphatic carbocycles. The second-order valence-corrected chi connectivity index (χ2v) is 4.77. The van der Waals surface area contributed by atoms with Gasteiger partial charge in [-0.25, -0.2) is 4.79 Å². The molecule has 0 spiro atoms. The number of benzene rings is 1. The van der Waals surface area contributed by atoms with Crippen molar-refractivity contribution in [1.82, 2.24) is 10.2 Å². The van der Waals surface area contributed by atoms with Gasteiger partial charge in [0.25, 0.3) is 0 Å². The molecule has 2 N–H and O–H groups in total. The van der Waals surface area contributed by atoms with Crippen molar-refractivity contribution >= 4 is 17.6 Å². The molecule has 3 amide bonds. The van der Waals surface area contributed by atoms with Crippen molar-refractivity contribution in [2.24, 2.45) is 0 Å². The molecule has 102 valence electrons. The van der Waals surface area contributed by atoms with Gasteiger partial charge in [0, 0.05) is 19.3 Å². The van der Waals surface area contributed by atoms with Gasteiger partial charge in [0.05, 0.1) is 0 Å². The highest BCUT2D eigenvalue weighted by molar-refractivity contribution is 5.94. The topological polar surface area (TPSA) is 61.4 Å². The Hall–Kier alpha value is -2.04. The van der Waals surface area contributed by atoms with Gasteiger partial charge in [-0.15, -0.1) is 0 Å². The normalized spacial score (nSPS) is 18.2. The van der Waals surface area contributed by atoms with Gasteiger partial charge in [0.15, 0.2) is 0 Å². The van der Waals surface area contributed by atoms with Crippen molar-refractivity contribution < 1.29 is 9.59 Å². The van der Waals surface area contributed by atoms with Crippen LogP contribution in [0.5, 0.6) is 0 Å². The standard InChI is InChI=1S/C14H19N3O2/c1-10-5-3-6-11(9-10)16-14(19)17-8-4-7-12(17)13(18)15-2/h3,5-6,9,12H,4,7-8H2,1-2H3,(H,15,18)(H,16,19)/t12-/m0/s1. The van der Waals surface area contributed by atoms with Crippen LogP contribution in [0.1, 0.15) is 18.4 Å². The van der Waals surface area contributed by atoms with E-state index in [9.17, 15) is 9.59 Å². The molecule has 1 fully saturated rings. The molecule has 2 rings (SSSR count). The third-order valence-corrected chi connectivity index (χ3v) is 3.33. The van der Waals surface area contributed by atoms with Gasteiger partial charge in [0.1, 0.15) is 6.04 Å². The van der Waals surface area contributed by atoms with E-state index in [4.69, 9.17) is 0 Å². The Morgan fingerprint density at radius 1 is 1.37 bits per heavy atom. The minimum absolute atomic E-state index is 0.100. The maximum absolute atomic E-state index is 12.2. The van der Waals surface area contributed by atoms with Crippen LogP contribution in [0.15, 0.2) is 24.3 Å². The monoisotopic (exact) mass is 261 g/mol. The lowest BCUT2D eigenvalue weighted by molar-refractivity contribution is -0.124. The van der Waals surface area contributed by atoms with Crippen LogP contribution in [0.2, 0.25) is 0 Å². The van der Waals surface area contributed by atoms with Crippen LogP contribution in [0.3, 0.4) is 0 Å². The van der Waals surface area contributed by atoms with Gasteiger partial charge in [-0.05, 0) is 37.5 Å². The molecule has 19 heavy (non-hydrogen) atoms. The quantitative estimate of drug-likeness (QED) is 0.851. The Balaban J connectivity index is 2.05. The van der Waals surface area contributed by atoms with Gasteiger partial charge in [-0.2, -0.15) is 0 Å². The predicted molar refractivity (Wildman–Crippen MR) is 74.0 cm³/mol. The van der Waals surface area contributed by atoms with E-state index in [1.54, 1.807) is 11.9 Å². The third kappa shape index (κ3) is 3.05. The first-order valence-electron chi connectivity index (χ1n) is 6.47. The van der Waals surface area contributed by atoms with Gasteiger partial charge < -0.3 is 15.5 Å². The van der Waals surface area contributed by atoms with Crippen LogP contribution in [-0.4, -0.2) is 36.5 Å². The first kappa shape index (κ1) is 13.4. The van der Waals surface area contributed by atoms with Gasteiger partial charge in [0.2, 0.25) is 5.91 Å². The molecule has 1 aromatic carbocycles. The van der Waals surface area contributed by atoms with Crippen molar-refractivity contribution in [3.63, 3.8) is 0 Å². The highest BCUT2D eigenvalue weighted by atomic mass is 16.2. The summed E-state index contributed by atoms with van der Waals surface area (Å²) in [5, 5.41) is 5.44. The van der Waals surface area contributed by atoms with E-state index in [2.05, 4.69) is 10.6 Å². The lowest BCUT2D eigenvalue weighted by Gasteiger charge is -2.23. The molecule has 5 nitrogen and oxygen atoms in total. The highest BCUT2D eigenvalue weighted by Crippen LogP contribution is 2.19. The number of carbonyl (C=O) groups is 2. The number of hydrogen-bond acceptors (Lipinski definition) is 2. The molecule has 5 heteroatoms. The van der Waals surface area contributed by atoms with E-state index in [-0.39, 0.29) is 18.0 Å². The van der Waals surface area contributed by atoms with Crippen molar-refractivity contribution in [2.45, 2.75) is 25.8 Å². The van der Waals surface area contributed by atoms with Crippen LogP contribution in [0, 0.1) is 6.92 Å². The molecule has 1 aromatic rings. The summed E-state index contributed by atoms with van der Waals surface area (Å²) >= 11 is 0. The number of likely N-dealkylation sites (tertiary alicyclic amines) is 1. The van der Waals surface area contributed by atoms with E-state index in [1.165, 1.54) is 0 Å². The summed E-state index contributed by atoms with van der Waals surface area (Å²) in [6.45, 7) is 2.59. The molecule has 1 aliphatic rings. The molecule has 0 unspecified atom stereocenters. The number of likely N-dealkylation sites (N-methyl/N-ethyl adjacent to an activating group) is 1. The lowest BCUT2D eigenvalue weighted by atomic mass is 10.2. The zero-order chi connectivity index (χ0) is 13.8. The maximum atomic E-state index is 12.2. The van der Waals surface area contributed by atoms with Crippen LogP contribution in [-0.2, 0) is 4.79 Å². The van der Waals surface area contributed by atoms with E-state index in [0.717, 1.165) is 24.1 Å². The summed E-state index contributed by atoms with van der Waals surface area (Å²) in [6.07, 6.45) is 1.58. The number of carbonyl (C=O) groups excluding carboxylic acids is 2. The van der Waals surface area contributed by atoms with Crippen molar-refractivity contribution in [3.8, 4) is 0 Å². The fourth-order valence-corrected chi connectivity index (χ4v) is 2.37. The third-order valence-electron chi connectivity index (χ3n) is 3.33. The molecule has 1 saturated heterocycles. The highest BCUT2D eigenvalue weighted by Gasteiger charge is 2.33. The fraction of sp³-hybridized carbons (Fsp3) is 0.429. The molecule has 0 aromatic heterocycles. The Morgan fingerprint density at radius 3 is 2.84 bits per heavy atom. The van der Waals surface area contributed by atoms with E-state index >= 15 is 0 Å². The van der Waals surface area contributed by atoms with E-state index in [0.29, 0.717) is 6.54 Å². The maximum Gasteiger partial charge on any atom is 0.322 e. The number of amides is 3. The number of nitrogens with one attached hydrogen (secondary N) is 2. The Morgan fingerprint density at radius 2 is 2.16 bits per heavy atom. The minimum Gasteiger partial charge on any atom is -0.357 e. The largest absolute Gasteiger partial charge is 0.357 e. The molecule has 1 heterocycles. The number of rotatable bonds is 2. The Kier molecular flexibility index (Phi) is 4.04.